The Morgan fingerprint density at radius 2 is 2.10 bits per heavy atom. The van der Waals surface area contributed by atoms with E-state index in [0.717, 1.165) is 17.1 Å². The maximum absolute atomic E-state index is 13.6. The minimum absolute atomic E-state index is 0.254. The zero-order valence-electron chi connectivity index (χ0n) is 11.9. The summed E-state index contributed by atoms with van der Waals surface area (Å²) in [6.07, 6.45) is 1.74. The van der Waals surface area contributed by atoms with Gasteiger partial charge < -0.3 is 15.0 Å². The van der Waals surface area contributed by atoms with Crippen LogP contribution in [0.5, 0.6) is 5.75 Å². The smallest absolute Gasteiger partial charge is 0.165 e. The summed E-state index contributed by atoms with van der Waals surface area (Å²) in [5.74, 6) is 0.747. The number of aromatic nitrogens is 1. The highest BCUT2D eigenvalue weighted by Gasteiger charge is 2.06. The van der Waals surface area contributed by atoms with Crippen molar-refractivity contribution in [2.45, 2.75) is 6.54 Å². The molecule has 0 aliphatic rings. The van der Waals surface area contributed by atoms with Crippen molar-refractivity contribution in [1.82, 2.24) is 4.98 Å². The lowest BCUT2D eigenvalue weighted by atomic mass is 10.2. The van der Waals surface area contributed by atoms with Gasteiger partial charge in [-0.1, -0.05) is 6.07 Å². The average Bonchev–Trinajstić information content (AvgIpc) is 2.45. The first-order valence-electron chi connectivity index (χ1n) is 6.30. The van der Waals surface area contributed by atoms with Crippen LogP contribution >= 0.6 is 0 Å². The second-order valence-corrected chi connectivity index (χ2v) is 4.59. The highest BCUT2D eigenvalue weighted by Crippen LogP contribution is 2.22. The summed E-state index contributed by atoms with van der Waals surface area (Å²) in [4.78, 5) is 6.23. The zero-order chi connectivity index (χ0) is 14.5. The first kappa shape index (κ1) is 14.1. The Kier molecular flexibility index (Phi) is 4.40. The summed E-state index contributed by atoms with van der Waals surface area (Å²) < 4.78 is 18.5. The number of benzene rings is 1. The number of nitrogens with zero attached hydrogens (tertiary/aromatic N) is 2. The minimum Gasteiger partial charge on any atom is -0.494 e. The number of anilines is 2. The molecule has 4 nitrogen and oxygen atoms in total. The Balaban J connectivity index is 2.11. The summed E-state index contributed by atoms with van der Waals surface area (Å²) in [5, 5.41) is 3.26. The van der Waals surface area contributed by atoms with E-state index in [1.54, 1.807) is 12.3 Å². The molecule has 0 saturated heterocycles. The van der Waals surface area contributed by atoms with Gasteiger partial charge in [-0.2, -0.15) is 0 Å². The predicted octanol–water partition coefficient (Wildman–Crippen LogP) is 2.91. The van der Waals surface area contributed by atoms with Crippen LogP contribution in [-0.4, -0.2) is 26.2 Å². The molecule has 0 amide bonds. The van der Waals surface area contributed by atoms with Crippen molar-refractivity contribution in [3.05, 3.63) is 47.9 Å². The molecule has 1 heterocycles. The largest absolute Gasteiger partial charge is 0.494 e. The maximum Gasteiger partial charge on any atom is 0.165 e. The fraction of sp³-hybridized carbons (Fsp3) is 0.267. The second kappa shape index (κ2) is 6.23. The lowest BCUT2D eigenvalue weighted by molar-refractivity contribution is 0.386. The Bertz CT molecular complexity index is 587. The third-order valence-corrected chi connectivity index (χ3v) is 2.91. The molecule has 2 rings (SSSR count). The third-order valence-electron chi connectivity index (χ3n) is 2.91. The van der Waals surface area contributed by atoms with E-state index in [4.69, 9.17) is 4.74 Å². The van der Waals surface area contributed by atoms with E-state index in [9.17, 15) is 4.39 Å². The quantitative estimate of drug-likeness (QED) is 0.910. The number of hydrogen-bond acceptors (Lipinski definition) is 4. The molecule has 0 bridgehead atoms. The molecule has 5 heteroatoms. The van der Waals surface area contributed by atoms with Gasteiger partial charge in [-0.05, 0) is 29.8 Å². The molecule has 20 heavy (non-hydrogen) atoms. The van der Waals surface area contributed by atoms with Gasteiger partial charge in [-0.15, -0.1) is 0 Å². The predicted molar refractivity (Wildman–Crippen MR) is 78.8 cm³/mol. The second-order valence-electron chi connectivity index (χ2n) is 4.59. The van der Waals surface area contributed by atoms with Crippen molar-refractivity contribution in [1.29, 1.82) is 0 Å². The Labute approximate surface area is 118 Å². The van der Waals surface area contributed by atoms with Gasteiger partial charge in [0.25, 0.3) is 0 Å². The van der Waals surface area contributed by atoms with E-state index in [-0.39, 0.29) is 11.6 Å². The van der Waals surface area contributed by atoms with Gasteiger partial charge in [0.15, 0.2) is 17.4 Å². The summed E-state index contributed by atoms with van der Waals surface area (Å²) in [6, 6.07) is 8.74. The summed E-state index contributed by atoms with van der Waals surface area (Å²) >= 11 is 0. The maximum atomic E-state index is 13.6. The number of ether oxygens (including phenoxy) is 1. The fourth-order valence-electron chi connectivity index (χ4n) is 1.91. The van der Waals surface area contributed by atoms with Crippen LogP contribution in [0, 0.1) is 5.82 Å². The van der Waals surface area contributed by atoms with Crippen LogP contribution in [0.15, 0.2) is 36.5 Å². The van der Waals surface area contributed by atoms with E-state index < -0.39 is 0 Å². The summed E-state index contributed by atoms with van der Waals surface area (Å²) in [7, 11) is 5.32. The highest BCUT2D eigenvalue weighted by atomic mass is 19.1. The van der Waals surface area contributed by atoms with Crippen molar-refractivity contribution >= 4 is 11.5 Å². The molecular weight excluding hydrogens is 257 g/mol. The van der Waals surface area contributed by atoms with Gasteiger partial charge in [0.05, 0.1) is 12.8 Å². The lowest BCUT2D eigenvalue weighted by Crippen LogP contribution is -2.13. The standard InChI is InChI=1S/C15H18FN3O/c1-19(2)15-13(5-4-8-17-15)18-10-11-6-7-14(20-3)12(16)9-11/h4-9,18H,10H2,1-3H3. The van der Waals surface area contributed by atoms with Gasteiger partial charge in [-0.25, -0.2) is 9.37 Å². The number of pyridine rings is 1. The van der Waals surface area contributed by atoms with Crippen LogP contribution in [0.4, 0.5) is 15.9 Å². The Morgan fingerprint density at radius 1 is 1.30 bits per heavy atom. The molecule has 0 atom stereocenters. The molecule has 0 unspecified atom stereocenters. The van der Waals surface area contributed by atoms with Crippen molar-refractivity contribution in [2.75, 3.05) is 31.4 Å². The molecule has 1 aromatic carbocycles. The molecule has 106 valence electrons. The number of methoxy groups -OCH3 is 1. The van der Waals surface area contributed by atoms with E-state index in [1.165, 1.54) is 13.2 Å². The van der Waals surface area contributed by atoms with Crippen LogP contribution in [0.3, 0.4) is 0 Å². The van der Waals surface area contributed by atoms with E-state index in [2.05, 4.69) is 10.3 Å². The lowest BCUT2D eigenvalue weighted by Gasteiger charge is -2.17. The Morgan fingerprint density at radius 3 is 2.75 bits per heavy atom. The molecule has 1 aromatic heterocycles. The van der Waals surface area contributed by atoms with Gasteiger partial charge >= 0.3 is 0 Å². The number of hydrogen-bond donors (Lipinski definition) is 1. The molecular formula is C15H18FN3O. The minimum atomic E-state index is -0.356. The summed E-state index contributed by atoms with van der Waals surface area (Å²) in [6.45, 7) is 0.521. The SMILES string of the molecule is COc1ccc(CNc2cccnc2N(C)C)cc1F. The number of rotatable bonds is 5. The summed E-state index contributed by atoms with van der Waals surface area (Å²) in [5.41, 5.74) is 1.76. The average molecular weight is 275 g/mol. The monoisotopic (exact) mass is 275 g/mol. The molecule has 0 aliphatic heterocycles. The number of halogens is 1. The molecule has 0 saturated carbocycles. The molecule has 1 N–H and O–H groups in total. The van der Waals surface area contributed by atoms with E-state index in [1.807, 2.05) is 37.2 Å². The number of nitrogens with one attached hydrogen (secondary N) is 1. The van der Waals surface area contributed by atoms with Crippen LogP contribution < -0.4 is 15.0 Å². The van der Waals surface area contributed by atoms with Crippen LogP contribution in [0.2, 0.25) is 0 Å². The zero-order valence-corrected chi connectivity index (χ0v) is 11.9. The van der Waals surface area contributed by atoms with E-state index in [0.29, 0.717) is 6.54 Å². The molecule has 2 aromatic rings. The third kappa shape index (κ3) is 3.17. The van der Waals surface area contributed by atoms with Gasteiger partial charge in [0.2, 0.25) is 0 Å². The van der Waals surface area contributed by atoms with Gasteiger partial charge in [0, 0.05) is 26.8 Å². The van der Waals surface area contributed by atoms with Gasteiger partial charge in [-0.3, -0.25) is 0 Å². The van der Waals surface area contributed by atoms with E-state index >= 15 is 0 Å². The molecule has 0 spiro atoms. The molecule has 0 radical (unpaired) electrons. The van der Waals surface area contributed by atoms with Crippen molar-refractivity contribution < 1.29 is 9.13 Å². The van der Waals surface area contributed by atoms with Crippen LogP contribution in [0.1, 0.15) is 5.56 Å². The fourth-order valence-corrected chi connectivity index (χ4v) is 1.91. The van der Waals surface area contributed by atoms with Crippen LogP contribution in [0.25, 0.3) is 0 Å². The van der Waals surface area contributed by atoms with Crippen molar-refractivity contribution in [3.8, 4) is 5.75 Å². The molecule has 0 aliphatic carbocycles. The normalized spacial score (nSPS) is 10.2. The first-order chi connectivity index (χ1) is 9.61. The van der Waals surface area contributed by atoms with Gasteiger partial charge in [0.1, 0.15) is 0 Å². The van der Waals surface area contributed by atoms with Crippen molar-refractivity contribution in [2.24, 2.45) is 0 Å². The topological polar surface area (TPSA) is 37.4 Å². The molecule has 0 fully saturated rings. The first-order valence-corrected chi connectivity index (χ1v) is 6.30. The van der Waals surface area contributed by atoms with Crippen LogP contribution in [-0.2, 0) is 6.54 Å². The Hall–Kier alpha value is -2.30. The highest BCUT2D eigenvalue weighted by molar-refractivity contribution is 5.64. The van der Waals surface area contributed by atoms with Crippen molar-refractivity contribution in [3.63, 3.8) is 0 Å².